The van der Waals surface area contributed by atoms with Crippen molar-refractivity contribution in [1.29, 1.82) is 0 Å². The van der Waals surface area contributed by atoms with Crippen molar-refractivity contribution in [2.24, 2.45) is 16.8 Å². The number of piperazine rings is 1. The zero-order chi connectivity index (χ0) is 19.1. The van der Waals surface area contributed by atoms with Gasteiger partial charge in [0.15, 0.2) is 5.96 Å². The molecule has 1 N–H and O–H groups in total. The zero-order valence-electron chi connectivity index (χ0n) is 17.5. The first-order chi connectivity index (χ1) is 13.2. The van der Waals surface area contributed by atoms with E-state index >= 15 is 0 Å². The molecule has 0 aromatic carbocycles. The van der Waals surface area contributed by atoms with Gasteiger partial charge in [0.05, 0.1) is 0 Å². The van der Waals surface area contributed by atoms with Crippen LogP contribution in [0.3, 0.4) is 0 Å². The molecule has 0 bridgehead atoms. The fraction of sp³-hybridized carbons (Fsp3) is 0.750. The van der Waals surface area contributed by atoms with E-state index in [9.17, 15) is 0 Å². The predicted octanol–water partition coefficient (Wildman–Crippen LogP) is 2.16. The summed E-state index contributed by atoms with van der Waals surface area (Å²) < 4.78 is 0. The molecule has 7 nitrogen and oxygen atoms in total. The standard InChI is InChI=1S/C20H35N7.HI/c1-17(2)15-18-5-9-27(16-18)19(21-3)24-8-10-25-11-13-26(14-12-25)20-22-6-4-7-23-20;/h4,6-7,17-18H,5,8-16H2,1-3H3,(H,21,24);1H. The third-order valence-corrected chi connectivity index (χ3v) is 5.52. The number of guanidine groups is 1. The maximum absolute atomic E-state index is 4.51. The van der Waals surface area contributed by atoms with Crippen LogP contribution in [0.15, 0.2) is 23.5 Å². The predicted molar refractivity (Wildman–Crippen MR) is 127 cm³/mol. The molecule has 0 radical (unpaired) electrons. The van der Waals surface area contributed by atoms with Crippen molar-refractivity contribution in [3.8, 4) is 0 Å². The lowest BCUT2D eigenvalue weighted by atomic mass is 9.97. The van der Waals surface area contributed by atoms with Crippen LogP contribution in [-0.4, -0.2) is 85.1 Å². The molecule has 2 aliphatic heterocycles. The number of anilines is 1. The maximum Gasteiger partial charge on any atom is 0.225 e. The van der Waals surface area contributed by atoms with E-state index in [1.165, 1.54) is 12.8 Å². The van der Waals surface area contributed by atoms with Crippen LogP contribution >= 0.6 is 24.0 Å². The summed E-state index contributed by atoms with van der Waals surface area (Å²) in [6.45, 7) is 13.0. The Kier molecular flexibility index (Phi) is 9.70. The summed E-state index contributed by atoms with van der Waals surface area (Å²) in [6, 6.07) is 1.86. The molecule has 0 spiro atoms. The van der Waals surface area contributed by atoms with Gasteiger partial charge in [0.25, 0.3) is 0 Å². The van der Waals surface area contributed by atoms with E-state index in [2.05, 4.69) is 48.8 Å². The minimum absolute atomic E-state index is 0. The van der Waals surface area contributed by atoms with Crippen molar-refractivity contribution >= 4 is 35.9 Å². The SMILES string of the molecule is CN=C(NCCN1CCN(c2ncccn2)CC1)N1CCC(CC(C)C)C1.I. The normalized spacial score (nSPS) is 21.1. The monoisotopic (exact) mass is 501 g/mol. The summed E-state index contributed by atoms with van der Waals surface area (Å²) in [6.07, 6.45) is 6.24. The van der Waals surface area contributed by atoms with E-state index in [4.69, 9.17) is 0 Å². The van der Waals surface area contributed by atoms with Gasteiger partial charge in [0.2, 0.25) is 5.95 Å². The van der Waals surface area contributed by atoms with Crippen molar-refractivity contribution in [3.05, 3.63) is 18.5 Å². The minimum Gasteiger partial charge on any atom is -0.355 e. The van der Waals surface area contributed by atoms with Crippen LogP contribution < -0.4 is 10.2 Å². The van der Waals surface area contributed by atoms with Gasteiger partial charge in [-0.1, -0.05) is 13.8 Å². The molecule has 158 valence electrons. The van der Waals surface area contributed by atoms with Gasteiger partial charge in [-0.25, -0.2) is 9.97 Å². The molecule has 1 atom stereocenters. The third kappa shape index (κ3) is 6.72. The van der Waals surface area contributed by atoms with Crippen LogP contribution in [0.5, 0.6) is 0 Å². The minimum atomic E-state index is 0. The number of halogens is 1. The molecule has 3 rings (SSSR count). The van der Waals surface area contributed by atoms with Crippen LogP contribution in [0.2, 0.25) is 0 Å². The van der Waals surface area contributed by atoms with Gasteiger partial charge < -0.3 is 15.1 Å². The van der Waals surface area contributed by atoms with E-state index in [0.29, 0.717) is 0 Å². The summed E-state index contributed by atoms with van der Waals surface area (Å²) in [5, 5.41) is 3.57. The van der Waals surface area contributed by atoms with Crippen molar-refractivity contribution in [2.45, 2.75) is 26.7 Å². The number of hydrogen-bond acceptors (Lipinski definition) is 5. The van der Waals surface area contributed by atoms with Gasteiger partial charge in [-0.15, -0.1) is 24.0 Å². The Labute approximate surface area is 187 Å². The second-order valence-corrected chi connectivity index (χ2v) is 8.08. The number of rotatable bonds is 6. The second-order valence-electron chi connectivity index (χ2n) is 8.08. The molecule has 2 saturated heterocycles. The number of likely N-dealkylation sites (tertiary alicyclic amines) is 1. The molecule has 0 saturated carbocycles. The van der Waals surface area contributed by atoms with Gasteiger partial charge in [-0.2, -0.15) is 0 Å². The number of aromatic nitrogens is 2. The Balaban J connectivity index is 0.00000280. The molecule has 28 heavy (non-hydrogen) atoms. The lowest BCUT2D eigenvalue weighted by molar-refractivity contribution is 0.259. The largest absolute Gasteiger partial charge is 0.355 e. The summed E-state index contributed by atoms with van der Waals surface area (Å²) in [7, 11) is 1.90. The van der Waals surface area contributed by atoms with Crippen LogP contribution in [0.4, 0.5) is 5.95 Å². The van der Waals surface area contributed by atoms with E-state index in [1.807, 2.05) is 25.5 Å². The first kappa shape index (κ1) is 23.1. The molecule has 0 amide bonds. The number of nitrogens with zero attached hydrogens (tertiary/aromatic N) is 6. The summed E-state index contributed by atoms with van der Waals surface area (Å²) in [5.74, 6) is 3.51. The number of nitrogens with one attached hydrogen (secondary N) is 1. The first-order valence-corrected chi connectivity index (χ1v) is 10.4. The highest BCUT2D eigenvalue weighted by atomic mass is 127. The van der Waals surface area contributed by atoms with E-state index in [1.54, 1.807) is 0 Å². The molecule has 8 heteroatoms. The fourth-order valence-electron chi connectivity index (χ4n) is 4.17. The van der Waals surface area contributed by atoms with E-state index < -0.39 is 0 Å². The van der Waals surface area contributed by atoms with Gasteiger partial charge in [-0.3, -0.25) is 9.89 Å². The topological polar surface area (TPSA) is 59.9 Å². The highest BCUT2D eigenvalue weighted by Crippen LogP contribution is 2.23. The van der Waals surface area contributed by atoms with Gasteiger partial charge in [0, 0.05) is 71.8 Å². The highest BCUT2D eigenvalue weighted by molar-refractivity contribution is 14.0. The summed E-state index contributed by atoms with van der Waals surface area (Å²) in [5.41, 5.74) is 0. The highest BCUT2D eigenvalue weighted by Gasteiger charge is 2.25. The first-order valence-electron chi connectivity index (χ1n) is 10.4. The maximum atomic E-state index is 4.51. The molecule has 1 aromatic heterocycles. The average Bonchev–Trinajstić information content (AvgIpc) is 3.14. The lowest BCUT2D eigenvalue weighted by Crippen LogP contribution is -2.50. The van der Waals surface area contributed by atoms with Crippen molar-refractivity contribution in [2.75, 3.05) is 64.3 Å². The number of hydrogen-bond donors (Lipinski definition) is 1. The fourth-order valence-corrected chi connectivity index (χ4v) is 4.17. The van der Waals surface area contributed by atoms with Crippen molar-refractivity contribution in [3.63, 3.8) is 0 Å². The van der Waals surface area contributed by atoms with Gasteiger partial charge >= 0.3 is 0 Å². The molecule has 3 heterocycles. The van der Waals surface area contributed by atoms with E-state index in [-0.39, 0.29) is 24.0 Å². The second kappa shape index (κ2) is 11.7. The summed E-state index contributed by atoms with van der Waals surface area (Å²) in [4.78, 5) is 20.4. The van der Waals surface area contributed by atoms with Gasteiger partial charge in [-0.05, 0) is 30.7 Å². The molecule has 0 aliphatic carbocycles. The Morgan fingerprint density at radius 1 is 1.18 bits per heavy atom. The third-order valence-electron chi connectivity index (χ3n) is 5.52. The van der Waals surface area contributed by atoms with Gasteiger partial charge in [0.1, 0.15) is 0 Å². The van der Waals surface area contributed by atoms with Crippen LogP contribution in [0.1, 0.15) is 26.7 Å². The number of aliphatic imine (C=N–C) groups is 1. The Morgan fingerprint density at radius 2 is 1.89 bits per heavy atom. The average molecular weight is 501 g/mol. The molecular weight excluding hydrogens is 465 g/mol. The lowest BCUT2D eigenvalue weighted by Gasteiger charge is -2.34. The van der Waals surface area contributed by atoms with Crippen molar-refractivity contribution < 1.29 is 0 Å². The Hall–Kier alpha value is -1.16. The van der Waals surface area contributed by atoms with Crippen LogP contribution in [-0.2, 0) is 0 Å². The van der Waals surface area contributed by atoms with Crippen LogP contribution in [0.25, 0.3) is 0 Å². The van der Waals surface area contributed by atoms with E-state index in [0.717, 1.165) is 76.1 Å². The summed E-state index contributed by atoms with van der Waals surface area (Å²) >= 11 is 0. The molecule has 2 fully saturated rings. The van der Waals surface area contributed by atoms with Crippen LogP contribution in [0, 0.1) is 11.8 Å². The van der Waals surface area contributed by atoms with Crippen molar-refractivity contribution in [1.82, 2.24) is 25.1 Å². The molecule has 1 aromatic rings. The zero-order valence-corrected chi connectivity index (χ0v) is 19.9. The Bertz CT molecular complexity index is 587. The Morgan fingerprint density at radius 3 is 2.54 bits per heavy atom. The quantitative estimate of drug-likeness (QED) is 0.367. The molecule has 2 aliphatic rings. The smallest absolute Gasteiger partial charge is 0.225 e. The molecule has 1 unspecified atom stereocenters. The molecular formula is C20H36IN7.